The molecule has 1 aliphatic carbocycles. The molecule has 1 aliphatic heterocycles. The van der Waals surface area contributed by atoms with Gasteiger partial charge in [0.25, 0.3) is 0 Å². The standard InChI is InChI=1S/C22H22F3NO8S/c1-31-14-8-11-13(27)9-26(35(29,30)22(23,24)25)12-6-5-10-7-15(32-2)20(33-3)21(34-4)16(10)18(17(11)12)19(14)28/h7-8,12,28H,5-6,9H2,1-4H3/t12-/m0/s1. The fraction of sp³-hybridized carbons (Fsp3) is 0.409. The molecule has 4 rings (SSSR count). The SMILES string of the molecule is COc1cc2c3c(c1O)-c1c(cc(OC)c(OC)c1OC)CC[C@@H]3N(S(=O)(=O)C(F)(F)F)CC2=O. The highest BCUT2D eigenvalue weighted by molar-refractivity contribution is 7.90. The third kappa shape index (κ3) is 3.56. The van der Waals surface area contributed by atoms with E-state index >= 15 is 0 Å². The molecular weight excluding hydrogens is 495 g/mol. The molecule has 0 saturated heterocycles. The third-order valence-corrected chi connectivity index (χ3v) is 7.84. The van der Waals surface area contributed by atoms with Crippen molar-refractivity contribution in [2.75, 3.05) is 35.0 Å². The summed E-state index contributed by atoms with van der Waals surface area (Å²) >= 11 is 0. The lowest BCUT2D eigenvalue weighted by Gasteiger charge is -2.36. The molecule has 1 heterocycles. The van der Waals surface area contributed by atoms with Gasteiger partial charge < -0.3 is 24.1 Å². The Morgan fingerprint density at radius 1 is 0.971 bits per heavy atom. The minimum atomic E-state index is -5.87. The average molecular weight is 517 g/mol. The maximum Gasteiger partial charge on any atom is 0.511 e. The van der Waals surface area contributed by atoms with E-state index in [4.69, 9.17) is 18.9 Å². The molecule has 0 amide bonds. The van der Waals surface area contributed by atoms with E-state index in [1.807, 2.05) is 0 Å². The summed E-state index contributed by atoms with van der Waals surface area (Å²) in [5, 5.41) is 11.2. The Hall–Kier alpha value is -3.19. The number of Topliss-reactive ketones (excluding diaryl/α,β-unsaturated/α-hetero) is 1. The van der Waals surface area contributed by atoms with Gasteiger partial charge in [-0.3, -0.25) is 4.79 Å². The Balaban J connectivity index is 2.15. The van der Waals surface area contributed by atoms with E-state index in [-0.39, 0.29) is 62.4 Å². The summed E-state index contributed by atoms with van der Waals surface area (Å²) in [4.78, 5) is 13.0. The fourth-order valence-corrected chi connectivity index (χ4v) is 5.87. The highest BCUT2D eigenvalue weighted by atomic mass is 32.2. The first kappa shape index (κ1) is 24.9. The number of phenols is 1. The van der Waals surface area contributed by atoms with Gasteiger partial charge in [-0.05, 0) is 36.1 Å². The molecule has 2 aliphatic rings. The lowest BCUT2D eigenvalue weighted by Crippen LogP contribution is -2.48. The van der Waals surface area contributed by atoms with Crippen LogP contribution in [0.5, 0.6) is 28.7 Å². The van der Waals surface area contributed by atoms with Crippen molar-refractivity contribution in [3.8, 4) is 39.9 Å². The van der Waals surface area contributed by atoms with Gasteiger partial charge in [-0.15, -0.1) is 0 Å². The molecule has 13 heteroatoms. The summed E-state index contributed by atoms with van der Waals surface area (Å²) in [6.07, 6.45) is -0.0371. The predicted octanol–water partition coefficient (Wildman–Crippen LogP) is 3.43. The summed E-state index contributed by atoms with van der Waals surface area (Å²) < 4.78 is 87.4. The molecule has 1 atom stereocenters. The molecule has 0 radical (unpaired) electrons. The number of hydrogen-bond acceptors (Lipinski definition) is 8. The Kier molecular flexibility index (Phi) is 6.04. The number of aryl methyl sites for hydroxylation is 1. The van der Waals surface area contributed by atoms with Crippen LogP contribution < -0.4 is 18.9 Å². The predicted molar refractivity (Wildman–Crippen MR) is 117 cm³/mol. The minimum Gasteiger partial charge on any atom is -0.504 e. The van der Waals surface area contributed by atoms with Crippen LogP contribution in [-0.2, 0) is 16.4 Å². The summed E-state index contributed by atoms with van der Waals surface area (Å²) in [6.45, 7) is -1.01. The second-order valence-corrected chi connectivity index (χ2v) is 9.80. The van der Waals surface area contributed by atoms with Crippen molar-refractivity contribution in [2.24, 2.45) is 0 Å². The van der Waals surface area contributed by atoms with Gasteiger partial charge in [-0.25, -0.2) is 8.42 Å². The van der Waals surface area contributed by atoms with Crippen LogP contribution in [-0.4, -0.2) is 64.1 Å². The maximum absolute atomic E-state index is 13.6. The van der Waals surface area contributed by atoms with Crippen molar-refractivity contribution in [3.05, 3.63) is 28.8 Å². The second-order valence-electron chi connectivity index (χ2n) is 7.92. The van der Waals surface area contributed by atoms with Gasteiger partial charge in [0, 0.05) is 16.7 Å². The number of benzene rings is 2. The van der Waals surface area contributed by atoms with Crippen molar-refractivity contribution < 1.29 is 50.4 Å². The fourth-order valence-electron chi connectivity index (χ4n) is 4.77. The molecule has 0 spiro atoms. The second kappa shape index (κ2) is 8.48. The van der Waals surface area contributed by atoms with E-state index in [1.165, 1.54) is 34.5 Å². The van der Waals surface area contributed by atoms with Crippen LogP contribution in [0, 0.1) is 0 Å². The van der Waals surface area contributed by atoms with Gasteiger partial charge in [0.1, 0.15) is 0 Å². The number of sulfonamides is 1. The first-order valence-corrected chi connectivity index (χ1v) is 11.7. The molecule has 0 aromatic heterocycles. The quantitative estimate of drug-likeness (QED) is 0.642. The van der Waals surface area contributed by atoms with Crippen LogP contribution in [0.15, 0.2) is 12.1 Å². The number of ketones is 1. The number of hydrogen-bond donors (Lipinski definition) is 1. The molecule has 9 nitrogen and oxygen atoms in total. The monoisotopic (exact) mass is 517 g/mol. The average Bonchev–Trinajstić information content (AvgIpc) is 2.98. The van der Waals surface area contributed by atoms with Crippen LogP contribution in [0.25, 0.3) is 11.1 Å². The van der Waals surface area contributed by atoms with E-state index in [1.54, 1.807) is 6.07 Å². The summed E-state index contributed by atoms with van der Waals surface area (Å²) in [5.41, 5.74) is -5.07. The molecule has 2 aromatic carbocycles. The molecular formula is C22H22F3NO8S. The number of carbonyl (C=O) groups is 1. The highest BCUT2D eigenvalue weighted by Crippen LogP contribution is 2.57. The van der Waals surface area contributed by atoms with E-state index < -0.39 is 39.7 Å². The number of halogens is 3. The number of ether oxygens (including phenoxy) is 4. The number of alkyl halides is 3. The van der Waals surface area contributed by atoms with E-state index in [9.17, 15) is 31.5 Å². The van der Waals surface area contributed by atoms with Crippen molar-refractivity contribution in [1.82, 2.24) is 4.31 Å². The third-order valence-electron chi connectivity index (χ3n) is 6.26. The number of methoxy groups -OCH3 is 4. The highest BCUT2D eigenvalue weighted by Gasteiger charge is 2.55. The molecule has 0 unspecified atom stereocenters. The summed E-state index contributed by atoms with van der Waals surface area (Å²) in [7, 11) is -0.548. The summed E-state index contributed by atoms with van der Waals surface area (Å²) in [5.74, 6) is -0.962. The Bertz CT molecular complexity index is 1320. The van der Waals surface area contributed by atoms with Crippen LogP contribution in [0.3, 0.4) is 0 Å². The van der Waals surface area contributed by atoms with E-state index in [2.05, 4.69) is 0 Å². The van der Waals surface area contributed by atoms with Crippen LogP contribution in [0.4, 0.5) is 13.2 Å². The van der Waals surface area contributed by atoms with Gasteiger partial charge in [0.05, 0.1) is 41.0 Å². The molecule has 190 valence electrons. The van der Waals surface area contributed by atoms with Crippen LogP contribution in [0.1, 0.15) is 33.9 Å². The Morgan fingerprint density at radius 2 is 1.60 bits per heavy atom. The van der Waals surface area contributed by atoms with Gasteiger partial charge in [0.2, 0.25) is 5.75 Å². The smallest absolute Gasteiger partial charge is 0.504 e. The molecule has 2 aromatic rings. The zero-order chi connectivity index (χ0) is 25.9. The van der Waals surface area contributed by atoms with Crippen molar-refractivity contribution >= 4 is 15.8 Å². The van der Waals surface area contributed by atoms with Gasteiger partial charge in [-0.1, -0.05) is 0 Å². The molecule has 35 heavy (non-hydrogen) atoms. The number of phenolic OH excluding ortho intramolecular Hbond substituents is 1. The molecule has 1 N–H and O–H groups in total. The van der Waals surface area contributed by atoms with Gasteiger partial charge in [0.15, 0.2) is 28.8 Å². The first-order valence-electron chi connectivity index (χ1n) is 10.3. The zero-order valence-corrected chi connectivity index (χ0v) is 20.0. The molecule has 0 saturated carbocycles. The number of nitrogens with zero attached hydrogens (tertiary/aromatic N) is 1. The normalized spacial score (nSPS) is 17.8. The number of aromatic hydroxyl groups is 1. The van der Waals surface area contributed by atoms with Gasteiger partial charge >= 0.3 is 15.5 Å². The van der Waals surface area contributed by atoms with Crippen LogP contribution in [0.2, 0.25) is 0 Å². The minimum absolute atomic E-state index is 0.0436. The lowest BCUT2D eigenvalue weighted by atomic mass is 9.85. The topological polar surface area (TPSA) is 112 Å². The summed E-state index contributed by atoms with van der Waals surface area (Å²) in [6, 6.07) is 1.39. The van der Waals surface area contributed by atoms with Crippen molar-refractivity contribution in [1.29, 1.82) is 0 Å². The number of rotatable bonds is 5. The molecule has 0 fully saturated rings. The molecule has 0 bridgehead atoms. The van der Waals surface area contributed by atoms with Crippen LogP contribution >= 0.6 is 0 Å². The van der Waals surface area contributed by atoms with Crippen molar-refractivity contribution in [2.45, 2.75) is 24.4 Å². The maximum atomic E-state index is 13.6. The Morgan fingerprint density at radius 3 is 2.14 bits per heavy atom. The lowest BCUT2D eigenvalue weighted by molar-refractivity contribution is -0.0500. The van der Waals surface area contributed by atoms with Crippen molar-refractivity contribution in [3.63, 3.8) is 0 Å². The largest absolute Gasteiger partial charge is 0.511 e. The van der Waals surface area contributed by atoms with E-state index in [0.717, 1.165) is 0 Å². The number of carbonyl (C=O) groups excluding carboxylic acids is 1. The first-order chi connectivity index (χ1) is 16.4. The van der Waals surface area contributed by atoms with Gasteiger partial charge in [-0.2, -0.15) is 17.5 Å². The number of fused-ring (bicyclic) bond motifs is 2. The zero-order valence-electron chi connectivity index (χ0n) is 19.1. The van der Waals surface area contributed by atoms with E-state index in [0.29, 0.717) is 5.56 Å². The Labute approximate surface area is 199 Å².